The summed E-state index contributed by atoms with van der Waals surface area (Å²) in [6, 6.07) is 21.4. The summed E-state index contributed by atoms with van der Waals surface area (Å²) < 4.78 is 17.2. The molecule has 0 radical (unpaired) electrons. The summed E-state index contributed by atoms with van der Waals surface area (Å²) in [6.07, 6.45) is 0. The van der Waals surface area contributed by atoms with Crippen LogP contribution in [-0.2, 0) is 0 Å². The van der Waals surface area contributed by atoms with Gasteiger partial charge >= 0.3 is 0 Å². The summed E-state index contributed by atoms with van der Waals surface area (Å²) >= 11 is 0. The second-order valence-electron chi connectivity index (χ2n) is 6.02. The molecule has 0 aromatic heterocycles. The van der Waals surface area contributed by atoms with E-state index in [4.69, 9.17) is 14.2 Å². The molecule has 0 amide bonds. The fourth-order valence-electron chi connectivity index (χ4n) is 2.73. The first-order chi connectivity index (χ1) is 12.1. The van der Waals surface area contributed by atoms with Crippen molar-refractivity contribution in [1.29, 1.82) is 0 Å². The van der Waals surface area contributed by atoms with Gasteiger partial charge in [0.05, 0.1) is 0 Å². The molecule has 0 saturated heterocycles. The molecule has 0 unspecified atom stereocenters. The zero-order valence-electron chi connectivity index (χ0n) is 14.8. The highest BCUT2D eigenvalue weighted by molar-refractivity contribution is 5.46. The molecule has 0 heterocycles. The lowest BCUT2D eigenvalue weighted by molar-refractivity contribution is 0.120. The monoisotopic (exact) mass is 334 g/mol. The minimum absolute atomic E-state index is 0.167. The predicted octanol–water partition coefficient (Wildman–Crippen LogP) is 5.82. The maximum atomic E-state index is 6.04. The van der Waals surface area contributed by atoms with Gasteiger partial charge in [0.1, 0.15) is 23.0 Å². The quantitative estimate of drug-likeness (QED) is 0.532. The van der Waals surface area contributed by atoms with Crippen LogP contribution >= 0.6 is 0 Å². The van der Waals surface area contributed by atoms with E-state index >= 15 is 0 Å². The van der Waals surface area contributed by atoms with E-state index < -0.39 is 0 Å². The zero-order valence-corrected chi connectivity index (χ0v) is 14.8. The molecule has 3 heteroatoms. The van der Waals surface area contributed by atoms with Gasteiger partial charge in [0.2, 0.25) is 6.79 Å². The fourth-order valence-corrected chi connectivity index (χ4v) is 2.73. The maximum Gasteiger partial charge on any atom is 0.230 e. The number of para-hydroxylation sites is 1. The lowest BCUT2D eigenvalue weighted by Crippen LogP contribution is -2.05. The van der Waals surface area contributed by atoms with Crippen LogP contribution in [0.2, 0.25) is 0 Å². The van der Waals surface area contributed by atoms with Crippen LogP contribution in [0.15, 0.2) is 66.7 Å². The first-order valence-electron chi connectivity index (χ1n) is 8.28. The normalized spacial score (nSPS) is 10.4. The van der Waals surface area contributed by atoms with Gasteiger partial charge in [-0.2, -0.15) is 0 Å². The molecule has 0 aliphatic rings. The average Bonchev–Trinajstić information content (AvgIpc) is 2.60. The van der Waals surface area contributed by atoms with Crippen LogP contribution in [0.1, 0.15) is 16.7 Å². The summed E-state index contributed by atoms with van der Waals surface area (Å²) in [5.41, 5.74) is 3.51. The summed E-state index contributed by atoms with van der Waals surface area (Å²) in [4.78, 5) is 0. The number of rotatable bonds is 6. The molecule has 0 fully saturated rings. The van der Waals surface area contributed by atoms with Crippen LogP contribution in [0.25, 0.3) is 0 Å². The minimum atomic E-state index is 0.167. The Morgan fingerprint density at radius 3 is 1.76 bits per heavy atom. The van der Waals surface area contributed by atoms with Crippen LogP contribution < -0.4 is 14.2 Å². The zero-order chi connectivity index (χ0) is 17.6. The molecule has 3 rings (SSSR count). The first-order valence-corrected chi connectivity index (χ1v) is 8.28. The highest BCUT2D eigenvalue weighted by atomic mass is 16.7. The van der Waals surface area contributed by atoms with Crippen molar-refractivity contribution < 1.29 is 14.2 Å². The standard InChI is InChI=1S/C22H22O3/c1-16-13-17(2)22(18(3)14-16)25-21-11-9-20(10-12-21)24-15-23-19-7-5-4-6-8-19/h4-14H,15H2,1-3H3. The molecule has 0 saturated carbocycles. The van der Waals surface area contributed by atoms with Crippen molar-refractivity contribution in [2.45, 2.75) is 20.8 Å². The second kappa shape index (κ2) is 7.75. The van der Waals surface area contributed by atoms with Gasteiger partial charge in [0.15, 0.2) is 0 Å². The van der Waals surface area contributed by atoms with Gasteiger partial charge in [-0.15, -0.1) is 0 Å². The van der Waals surface area contributed by atoms with Gasteiger partial charge in [-0.1, -0.05) is 35.9 Å². The molecule has 0 spiro atoms. The molecule has 0 bridgehead atoms. The van der Waals surface area contributed by atoms with E-state index in [0.29, 0.717) is 0 Å². The molecule has 3 aromatic rings. The number of hydrogen-bond donors (Lipinski definition) is 0. The highest BCUT2D eigenvalue weighted by Crippen LogP contribution is 2.30. The highest BCUT2D eigenvalue weighted by Gasteiger charge is 2.07. The van der Waals surface area contributed by atoms with Crippen LogP contribution in [0.5, 0.6) is 23.0 Å². The number of benzene rings is 3. The molecule has 128 valence electrons. The number of aryl methyl sites for hydroxylation is 3. The Labute approximate surface area is 148 Å². The van der Waals surface area contributed by atoms with Crippen molar-refractivity contribution in [1.82, 2.24) is 0 Å². The Bertz CT molecular complexity index is 801. The first kappa shape index (κ1) is 16.9. The molecular weight excluding hydrogens is 312 g/mol. The van der Waals surface area contributed by atoms with Crippen molar-refractivity contribution in [3.05, 3.63) is 83.4 Å². The molecule has 0 N–H and O–H groups in total. The lowest BCUT2D eigenvalue weighted by Gasteiger charge is -2.13. The smallest absolute Gasteiger partial charge is 0.230 e. The van der Waals surface area contributed by atoms with Gasteiger partial charge in [-0.25, -0.2) is 0 Å². The van der Waals surface area contributed by atoms with Crippen LogP contribution in [0, 0.1) is 20.8 Å². The van der Waals surface area contributed by atoms with Crippen LogP contribution in [0.4, 0.5) is 0 Å². The predicted molar refractivity (Wildman–Crippen MR) is 99.7 cm³/mol. The Hall–Kier alpha value is -2.94. The van der Waals surface area contributed by atoms with Gasteiger partial charge in [0, 0.05) is 0 Å². The summed E-state index contributed by atoms with van der Waals surface area (Å²) in [5.74, 6) is 3.21. The van der Waals surface area contributed by atoms with E-state index in [1.54, 1.807) is 0 Å². The van der Waals surface area contributed by atoms with Gasteiger partial charge in [-0.05, 0) is 68.3 Å². The third-order valence-corrected chi connectivity index (χ3v) is 3.84. The van der Waals surface area contributed by atoms with Crippen molar-refractivity contribution >= 4 is 0 Å². The molecule has 25 heavy (non-hydrogen) atoms. The molecule has 3 aromatic carbocycles. The summed E-state index contributed by atoms with van der Waals surface area (Å²) in [5, 5.41) is 0. The van der Waals surface area contributed by atoms with Crippen LogP contribution in [0.3, 0.4) is 0 Å². The second-order valence-corrected chi connectivity index (χ2v) is 6.02. The summed E-state index contributed by atoms with van der Waals surface area (Å²) in [7, 11) is 0. The SMILES string of the molecule is Cc1cc(C)c(Oc2ccc(OCOc3ccccc3)cc2)c(C)c1. The van der Waals surface area contributed by atoms with Gasteiger partial charge < -0.3 is 14.2 Å². The molecule has 3 nitrogen and oxygen atoms in total. The van der Waals surface area contributed by atoms with Gasteiger partial charge in [0.25, 0.3) is 0 Å². The van der Waals surface area contributed by atoms with E-state index in [2.05, 4.69) is 32.9 Å². The Balaban J connectivity index is 1.59. The Kier molecular flexibility index (Phi) is 5.24. The Morgan fingerprint density at radius 2 is 1.16 bits per heavy atom. The fraction of sp³-hybridized carbons (Fsp3) is 0.182. The van der Waals surface area contributed by atoms with Crippen molar-refractivity contribution in [2.24, 2.45) is 0 Å². The van der Waals surface area contributed by atoms with Crippen LogP contribution in [-0.4, -0.2) is 6.79 Å². The van der Waals surface area contributed by atoms with E-state index in [1.807, 2.05) is 54.6 Å². The number of ether oxygens (including phenoxy) is 3. The van der Waals surface area contributed by atoms with E-state index in [-0.39, 0.29) is 6.79 Å². The van der Waals surface area contributed by atoms with E-state index in [1.165, 1.54) is 5.56 Å². The minimum Gasteiger partial charge on any atom is -0.458 e. The molecule has 0 aliphatic carbocycles. The average molecular weight is 334 g/mol. The largest absolute Gasteiger partial charge is 0.458 e. The Morgan fingerprint density at radius 1 is 0.640 bits per heavy atom. The molecular formula is C22H22O3. The lowest BCUT2D eigenvalue weighted by atomic mass is 10.1. The third kappa shape index (κ3) is 4.54. The van der Waals surface area contributed by atoms with E-state index in [9.17, 15) is 0 Å². The third-order valence-electron chi connectivity index (χ3n) is 3.84. The van der Waals surface area contributed by atoms with Crippen molar-refractivity contribution in [3.8, 4) is 23.0 Å². The topological polar surface area (TPSA) is 27.7 Å². The maximum absolute atomic E-state index is 6.04. The van der Waals surface area contributed by atoms with Gasteiger partial charge in [-0.3, -0.25) is 0 Å². The molecule has 0 aliphatic heterocycles. The summed E-state index contributed by atoms with van der Waals surface area (Å²) in [6.45, 7) is 6.38. The number of hydrogen-bond acceptors (Lipinski definition) is 3. The molecule has 0 atom stereocenters. The van der Waals surface area contributed by atoms with Crippen molar-refractivity contribution in [3.63, 3.8) is 0 Å². The van der Waals surface area contributed by atoms with Crippen molar-refractivity contribution in [2.75, 3.05) is 6.79 Å². The van der Waals surface area contributed by atoms with E-state index in [0.717, 1.165) is 34.1 Å².